The maximum Gasteiger partial charge on any atom is 0.267 e. The highest BCUT2D eigenvalue weighted by atomic mass is 32.1. The van der Waals surface area contributed by atoms with Crippen molar-refractivity contribution in [3.8, 4) is 17.0 Å². The van der Waals surface area contributed by atoms with E-state index in [0.717, 1.165) is 5.56 Å². The van der Waals surface area contributed by atoms with Crippen molar-refractivity contribution < 1.29 is 14.3 Å². The molecule has 1 unspecified atom stereocenters. The molecule has 1 atom stereocenters. The molecule has 1 aliphatic heterocycles. The molecule has 1 aromatic carbocycles. The Kier molecular flexibility index (Phi) is 4.33. The smallest absolute Gasteiger partial charge is 0.267 e. The molecule has 1 aliphatic rings. The summed E-state index contributed by atoms with van der Waals surface area (Å²) >= 11 is 1.33. The molecular weight excluding hydrogens is 364 g/mol. The highest BCUT2D eigenvalue weighted by molar-refractivity contribution is 7.14. The molecule has 4 rings (SSSR count). The van der Waals surface area contributed by atoms with Gasteiger partial charge in [0.1, 0.15) is 5.75 Å². The lowest BCUT2D eigenvalue weighted by molar-refractivity contribution is -0.125. The van der Waals surface area contributed by atoms with Crippen LogP contribution < -0.4 is 15.0 Å². The quantitative estimate of drug-likeness (QED) is 0.754. The van der Waals surface area contributed by atoms with Gasteiger partial charge in [0.25, 0.3) is 11.8 Å². The van der Waals surface area contributed by atoms with E-state index in [2.05, 4.69) is 15.3 Å². The van der Waals surface area contributed by atoms with E-state index < -0.39 is 6.10 Å². The summed E-state index contributed by atoms with van der Waals surface area (Å²) in [6.07, 6.45) is 2.61. The van der Waals surface area contributed by atoms with Crippen LogP contribution in [0.3, 0.4) is 0 Å². The summed E-state index contributed by atoms with van der Waals surface area (Å²) < 4.78 is 5.64. The fourth-order valence-corrected chi connectivity index (χ4v) is 3.52. The molecule has 7 nitrogen and oxygen atoms in total. The highest BCUT2D eigenvalue weighted by Crippen LogP contribution is 2.37. The first kappa shape index (κ1) is 17.2. The normalized spacial score (nSPS) is 15.9. The van der Waals surface area contributed by atoms with Gasteiger partial charge < -0.3 is 9.64 Å². The van der Waals surface area contributed by atoms with E-state index in [1.54, 1.807) is 37.2 Å². The molecular formula is C19H16N4O3S. The van der Waals surface area contributed by atoms with Gasteiger partial charge in [-0.3, -0.25) is 19.9 Å². The second-order valence-electron chi connectivity index (χ2n) is 6.07. The van der Waals surface area contributed by atoms with Gasteiger partial charge in [0, 0.05) is 30.4 Å². The molecule has 136 valence electrons. The Labute approximate surface area is 159 Å². The zero-order chi connectivity index (χ0) is 19.0. The van der Waals surface area contributed by atoms with Crippen molar-refractivity contribution in [3.05, 3.63) is 53.7 Å². The Morgan fingerprint density at radius 3 is 2.96 bits per heavy atom. The Morgan fingerprint density at radius 1 is 1.33 bits per heavy atom. The van der Waals surface area contributed by atoms with Crippen LogP contribution in [0.25, 0.3) is 11.3 Å². The van der Waals surface area contributed by atoms with Gasteiger partial charge in [0.15, 0.2) is 11.2 Å². The van der Waals surface area contributed by atoms with Gasteiger partial charge in [-0.2, -0.15) is 0 Å². The molecule has 0 bridgehead atoms. The van der Waals surface area contributed by atoms with Crippen molar-refractivity contribution in [2.75, 3.05) is 17.3 Å². The number of aromatic nitrogens is 2. The summed E-state index contributed by atoms with van der Waals surface area (Å²) in [5.74, 6) is 0.304. The number of thiazole rings is 1. The van der Waals surface area contributed by atoms with E-state index in [9.17, 15) is 9.59 Å². The Bertz CT molecular complexity index is 1020. The molecule has 0 saturated carbocycles. The zero-order valence-corrected chi connectivity index (χ0v) is 15.5. The van der Waals surface area contributed by atoms with Crippen molar-refractivity contribution in [2.24, 2.45) is 0 Å². The van der Waals surface area contributed by atoms with Gasteiger partial charge in [0.05, 0.1) is 16.9 Å². The second-order valence-corrected chi connectivity index (χ2v) is 6.93. The molecule has 27 heavy (non-hydrogen) atoms. The Morgan fingerprint density at radius 2 is 2.19 bits per heavy atom. The summed E-state index contributed by atoms with van der Waals surface area (Å²) in [6, 6.07) is 8.97. The molecule has 2 amide bonds. The van der Waals surface area contributed by atoms with Crippen LogP contribution >= 0.6 is 11.3 Å². The van der Waals surface area contributed by atoms with E-state index in [1.165, 1.54) is 17.5 Å². The lowest BCUT2D eigenvalue weighted by atomic mass is 10.1. The number of amides is 2. The highest BCUT2D eigenvalue weighted by Gasteiger charge is 2.29. The molecule has 0 aliphatic carbocycles. The largest absolute Gasteiger partial charge is 0.479 e. The fraction of sp³-hybridized carbons (Fsp3) is 0.158. The number of carbonyl (C=O) groups excluding carboxylic acids is 2. The van der Waals surface area contributed by atoms with Crippen LogP contribution in [0.15, 0.2) is 48.1 Å². The summed E-state index contributed by atoms with van der Waals surface area (Å²) in [6.45, 7) is 1.73. The minimum atomic E-state index is -0.498. The van der Waals surface area contributed by atoms with Gasteiger partial charge in [-0.25, -0.2) is 4.98 Å². The third-order valence-corrected chi connectivity index (χ3v) is 5.00. The van der Waals surface area contributed by atoms with Crippen molar-refractivity contribution >= 4 is 34.0 Å². The van der Waals surface area contributed by atoms with Crippen molar-refractivity contribution in [3.63, 3.8) is 0 Å². The third-order valence-electron chi connectivity index (χ3n) is 4.25. The number of pyridine rings is 1. The monoisotopic (exact) mass is 380 g/mol. The molecule has 3 aromatic rings. The van der Waals surface area contributed by atoms with Crippen LogP contribution in [0.4, 0.5) is 10.8 Å². The van der Waals surface area contributed by atoms with Crippen LogP contribution in [0.5, 0.6) is 5.75 Å². The average molecular weight is 380 g/mol. The number of ether oxygens (including phenoxy) is 1. The van der Waals surface area contributed by atoms with Gasteiger partial charge in [-0.1, -0.05) is 0 Å². The number of anilines is 2. The van der Waals surface area contributed by atoms with Crippen LogP contribution in [-0.4, -0.2) is 34.9 Å². The molecule has 1 N–H and O–H groups in total. The first-order chi connectivity index (χ1) is 13.0. The number of rotatable bonds is 3. The summed E-state index contributed by atoms with van der Waals surface area (Å²) in [7, 11) is 1.73. The average Bonchev–Trinajstić information content (AvgIpc) is 3.15. The molecule has 0 radical (unpaired) electrons. The first-order valence-electron chi connectivity index (χ1n) is 8.28. The van der Waals surface area contributed by atoms with Gasteiger partial charge >= 0.3 is 0 Å². The molecule has 0 fully saturated rings. The standard InChI is InChI=1S/C19H16N4O3S/c1-11-18(25)23(2)15-8-12(5-6-16(15)26-11)14-10-27-19(21-14)22-17(24)13-4-3-7-20-9-13/h3-11H,1-2H3,(H,21,22,24). The minimum Gasteiger partial charge on any atom is -0.479 e. The molecule has 8 heteroatoms. The Hall–Kier alpha value is -3.26. The van der Waals surface area contributed by atoms with Gasteiger partial charge in [-0.15, -0.1) is 11.3 Å². The van der Waals surface area contributed by atoms with Gasteiger partial charge in [0.2, 0.25) is 0 Å². The summed E-state index contributed by atoms with van der Waals surface area (Å²) in [4.78, 5) is 34.3. The third kappa shape index (κ3) is 3.26. The molecule has 3 heterocycles. The lowest BCUT2D eigenvalue weighted by Crippen LogP contribution is -2.41. The fourth-order valence-electron chi connectivity index (χ4n) is 2.80. The number of likely N-dealkylation sites (N-methyl/N-ethyl adjacent to an activating group) is 1. The maximum atomic E-state index is 12.2. The summed E-state index contributed by atoms with van der Waals surface area (Å²) in [5.41, 5.74) is 2.72. The lowest BCUT2D eigenvalue weighted by Gasteiger charge is -2.30. The summed E-state index contributed by atoms with van der Waals surface area (Å²) in [5, 5.41) is 5.12. The first-order valence-corrected chi connectivity index (χ1v) is 9.16. The zero-order valence-electron chi connectivity index (χ0n) is 14.7. The number of hydrogen-bond acceptors (Lipinski definition) is 6. The predicted molar refractivity (Wildman–Crippen MR) is 103 cm³/mol. The number of nitrogens with zero attached hydrogens (tertiary/aromatic N) is 3. The van der Waals surface area contributed by atoms with Crippen LogP contribution in [-0.2, 0) is 4.79 Å². The maximum absolute atomic E-state index is 12.2. The van der Waals surface area contributed by atoms with E-state index in [0.29, 0.717) is 27.8 Å². The number of nitrogens with one attached hydrogen (secondary N) is 1. The predicted octanol–water partition coefficient (Wildman–Crippen LogP) is 3.20. The number of benzene rings is 1. The van der Waals surface area contributed by atoms with Crippen molar-refractivity contribution in [2.45, 2.75) is 13.0 Å². The van der Waals surface area contributed by atoms with Crippen LogP contribution in [0, 0.1) is 0 Å². The van der Waals surface area contributed by atoms with Crippen LogP contribution in [0.1, 0.15) is 17.3 Å². The topological polar surface area (TPSA) is 84.4 Å². The van der Waals surface area contributed by atoms with E-state index >= 15 is 0 Å². The Balaban J connectivity index is 1.57. The van der Waals surface area contributed by atoms with E-state index in [-0.39, 0.29) is 11.8 Å². The minimum absolute atomic E-state index is 0.0950. The number of carbonyl (C=O) groups is 2. The van der Waals surface area contributed by atoms with E-state index in [1.807, 2.05) is 23.6 Å². The van der Waals surface area contributed by atoms with Crippen LogP contribution in [0.2, 0.25) is 0 Å². The molecule has 0 saturated heterocycles. The van der Waals surface area contributed by atoms with Crippen molar-refractivity contribution in [1.82, 2.24) is 9.97 Å². The SMILES string of the molecule is CC1Oc2ccc(-c3csc(NC(=O)c4cccnc4)n3)cc2N(C)C1=O. The molecule has 0 spiro atoms. The number of fused-ring (bicyclic) bond motifs is 1. The second kappa shape index (κ2) is 6.81. The number of hydrogen-bond donors (Lipinski definition) is 1. The van der Waals surface area contributed by atoms with Crippen molar-refractivity contribution in [1.29, 1.82) is 0 Å². The molecule has 2 aromatic heterocycles. The van der Waals surface area contributed by atoms with E-state index in [4.69, 9.17) is 4.74 Å². The van der Waals surface area contributed by atoms with Gasteiger partial charge in [-0.05, 0) is 37.3 Å².